The highest BCUT2D eigenvalue weighted by molar-refractivity contribution is 6.31. The van der Waals surface area contributed by atoms with E-state index >= 15 is 0 Å². The van der Waals surface area contributed by atoms with Gasteiger partial charge in [0.25, 0.3) is 5.91 Å². The number of imide groups is 1. The molecule has 6 heteroatoms. The van der Waals surface area contributed by atoms with E-state index in [-0.39, 0.29) is 11.8 Å². The molecule has 5 nitrogen and oxygen atoms in total. The number of aryl methyl sites for hydroxylation is 2. The van der Waals surface area contributed by atoms with Gasteiger partial charge in [-0.1, -0.05) is 53.6 Å². The molecule has 2 heterocycles. The molecule has 0 bridgehead atoms. The molecule has 0 saturated carbocycles. The van der Waals surface area contributed by atoms with E-state index in [4.69, 9.17) is 16.4 Å². The van der Waals surface area contributed by atoms with Crippen LogP contribution in [0, 0.1) is 19.8 Å². The minimum Gasteiger partial charge on any atom is -0.273 e. The fourth-order valence-electron chi connectivity index (χ4n) is 4.53. The third-order valence-corrected chi connectivity index (χ3v) is 6.21. The minimum atomic E-state index is -0.880. The van der Waals surface area contributed by atoms with Crippen molar-refractivity contribution in [3.8, 4) is 0 Å². The second-order valence-corrected chi connectivity index (χ2v) is 8.44. The van der Waals surface area contributed by atoms with Gasteiger partial charge < -0.3 is 0 Å². The summed E-state index contributed by atoms with van der Waals surface area (Å²) in [7, 11) is 0. The number of fused-ring (bicyclic) bond motifs is 1. The molecule has 0 N–H and O–H groups in total. The summed E-state index contributed by atoms with van der Waals surface area (Å²) >= 11 is 5.99. The van der Waals surface area contributed by atoms with Gasteiger partial charge in [0.2, 0.25) is 5.91 Å². The number of amides is 2. The zero-order valence-electron chi connectivity index (χ0n) is 17.2. The molecular formula is C25H21ClN2O3. The Hall–Kier alpha value is -3.15. The van der Waals surface area contributed by atoms with E-state index in [1.807, 2.05) is 56.3 Å². The van der Waals surface area contributed by atoms with E-state index in [0.717, 1.165) is 22.4 Å². The maximum atomic E-state index is 13.6. The summed E-state index contributed by atoms with van der Waals surface area (Å²) in [6.07, 6.45) is -0.880. The Morgan fingerprint density at radius 1 is 0.839 bits per heavy atom. The van der Waals surface area contributed by atoms with Crippen LogP contribution in [0.1, 0.15) is 22.7 Å². The number of hydrogen-bond acceptors (Lipinski definition) is 4. The molecule has 2 aliphatic rings. The molecular weight excluding hydrogens is 412 g/mol. The zero-order valence-corrected chi connectivity index (χ0v) is 17.9. The molecule has 0 aromatic heterocycles. The van der Waals surface area contributed by atoms with Crippen LogP contribution in [0.4, 0.5) is 11.4 Å². The third-order valence-electron chi connectivity index (χ3n) is 5.95. The third kappa shape index (κ3) is 3.21. The van der Waals surface area contributed by atoms with Crippen LogP contribution in [0.3, 0.4) is 0 Å². The molecule has 0 aliphatic carbocycles. The SMILES string of the molecule is Cc1ccc([C@@H]2[C@@H]3C(=O)N(c4ccc(Cl)cc4)C(=O)[C@H]3ON2c2ccccc2)c(C)c1. The van der Waals surface area contributed by atoms with Crippen molar-refractivity contribution in [2.45, 2.75) is 26.0 Å². The number of para-hydroxylation sites is 1. The standard InChI is InChI=1S/C25H21ClN2O3/c1-15-8-13-20(16(2)14-15)22-21-23(31-28(22)19-6-4-3-5-7-19)25(30)27(24(21)29)18-11-9-17(26)10-12-18/h3-14,21-23H,1-2H3/t21-,22+,23-/m0/s1. The number of hydrogen-bond donors (Lipinski definition) is 0. The Morgan fingerprint density at radius 3 is 2.23 bits per heavy atom. The Labute approximate surface area is 185 Å². The Bertz CT molecular complexity index is 1160. The van der Waals surface area contributed by atoms with Crippen LogP contribution in [-0.4, -0.2) is 17.9 Å². The van der Waals surface area contributed by atoms with Crippen molar-refractivity contribution in [2.24, 2.45) is 5.92 Å². The number of rotatable bonds is 3. The average molecular weight is 433 g/mol. The van der Waals surface area contributed by atoms with Crippen LogP contribution in [0.2, 0.25) is 5.02 Å². The van der Waals surface area contributed by atoms with Crippen LogP contribution in [-0.2, 0) is 14.4 Å². The van der Waals surface area contributed by atoms with Crippen molar-refractivity contribution in [1.29, 1.82) is 0 Å². The lowest BCUT2D eigenvalue weighted by Crippen LogP contribution is -2.37. The number of nitrogens with zero attached hydrogens (tertiary/aromatic N) is 2. The molecule has 2 fully saturated rings. The van der Waals surface area contributed by atoms with Gasteiger partial charge in [0.1, 0.15) is 5.92 Å². The van der Waals surface area contributed by atoms with Crippen molar-refractivity contribution >= 4 is 34.8 Å². The predicted molar refractivity (Wildman–Crippen MR) is 120 cm³/mol. The molecule has 5 rings (SSSR count). The number of carbonyl (C=O) groups excluding carboxylic acids is 2. The van der Waals surface area contributed by atoms with Gasteiger partial charge in [0.15, 0.2) is 6.10 Å². The van der Waals surface area contributed by atoms with Crippen molar-refractivity contribution in [2.75, 3.05) is 9.96 Å². The summed E-state index contributed by atoms with van der Waals surface area (Å²) in [5, 5.41) is 2.27. The van der Waals surface area contributed by atoms with Gasteiger partial charge in [-0.15, -0.1) is 0 Å². The summed E-state index contributed by atoms with van der Waals surface area (Å²) in [6, 6.07) is 22.0. The first kappa shape index (κ1) is 19.8. The Morgan fingerprint density at radius 2 is 1.55 bits per heavy atom. The molecule has 0 radical (unpaired) electrons. The Kier molecular flexibility index (Phi) is 4.80. The van der Waals surface area contributed by atoms with Gasteiger partial charge in [-0.05, 0) is 61.4 Å². The summed E-state index contributed by atoms with van der Waals surface area (Å²) in [6.45, 7) is 4.06. The molecule has 3 atom stereocenters. The van der Waals surface area contributed by atoms with Gasteiger partial charge in [-0.25, -0.2) is 9.96 Å². The number of anilines is 2. The molecule has 31 heavy (non-hydrogen) atoms. The van der Waals surface area contributed by atoms with E-state index in [2.05, 4.69) is 6.07 Å². The lowest BCUT2D eigenvalue weighted by Gasteiger charge is -2.29. The maximum absolute atomic E-state index is 13.6. The van der Waals surface area contributed by atoms with Gasteiger partial charge in [0.05, 0.1) is 17.4 Å². The second-order valence-electron chi connectivity index (χ2n) is 8.01. The van der Waals surface area contributed by atoms with Gasteiger partial charge >= 0.3 is 0 Å². The Balaban J connectivity index is 1.61. The van der Waals surface area contributed by atoms with E-state index in [1.165, 1.54) is 4.90 Å². The monoisotopic (exact) mass is 432 g/mol. The van der Waals surface area contributed by atoms with Gasteiger partial charge in [0, 0.05) is 5.02 Å². The molecule has 0 spiro atoms. The number of benzene rings is 3. The van der Waals surface area contributed by atoms with Crippen LogP contribution in [0.15, 0.2) is 72.8 Å². The van der Waals surface area contributed by atoms with E-state index in [0.29, 0.717) is 10.7 Å². The summed E-state index contributed by atoms with van der Waals surface area (Å²) < 4.78 is 0. The highest BCUT2D eigenvalue weighted by Gasteiger charge is 2.60. The van der Waals surface area contributed by atoms with E-state index in [1.54, 1.807) is 29.3 Å². The van der Waals surface area contributed by atoms with Crippen LogP contribution < -0.4 is 9.96 Å². The van der Waals surface area contributed by atoms with Gasteiger partial charge in [-0.2, -0.15) is 0 Å². The second kappa shape index (κ2) is 7.52. The lowest BCUT2D eigenvalue weighted by molar-refractivity contribution is -0.126. The zero-order chi connectivity index (χ0) is 21.7. The molecule has 2 saturated heterocycles. The highest BCUT2D eigenvalue weighted by atomic mass is 35.5. The summed E-state index contributed by atoms with van der Waals surface area (Å²) in [5.74, 6) is -1.27. The van der Waals surface area contributed by atoms with E-state index in [9.17, 15) is 9.59 Å². The first-order valence-corrected chi connectivity index (χ1v) is 10.5. The molecule has 2 amide bonds. The summed E-state index contributed by atoms with van der Waals surface area (Å²) in [4.78, 5) is 34.3. The average Bonchev–Trinajstić information content (AvgIpc) is 3.26. The fraction of sp³-hybridized carbons (Fsp3) is 0.200. The maximum Gasteiger partial charge on any atom is 0.266 e. The number of hydroxylamine groups is 1. The molecule has 156 valence electrons. The fourth-order valence-corrected chi connectivity index (χ4v) is 4.66. The molecule has 2 aliphatic heterocycles. The lowest BCUT2D eigenvalue weighted by atomic mass is 9.87. The topological polar surface area (TPSA) is 49.9 Å². The quantitative estimate of drug-likeness (QED) is 0.546. The molecule has 0 unspecified atom stereocenters. The van der Waals surface area contributed by atoms with Crippen molar-refractivity contribution in [3.05, 3.63) is 94.5 Å². The normalized spacial score (nSPS) is 22.9. The largest absolute Gasteiger partial charge is 0.273 e. The first-order valence-electron chi connectivity index (χ1n) is 10.2. The predicted octanol–water partition coefficient (Wildman–Crippen LogP) is 5.01. The first-order chi connectivity index (χ1) is 15.0. The van der Waals surface area contributed by atoms with E-state index < -0.39 is 18.1 Å². The van der Waals surface area contributed by atoms with Crippen LogP contribution >= 0.6 is 11.6 Å². The van der Waals surface area contributed by atoms with Crippen LogP contribution in [0.5, 0.6) is 0 Å². The van der Waals surface area contributed by atoms with Crippen molar-refractivity contribution < 1.29 is 14.4 Å². The smallest absolute Gasteiger partial charge is 0.266 e. The van der Waals surface area contributed by atoms with Crippen molar-refractivity contribution in [1.82, 2.24) is 0 Å². The summed E-state index contributed by atoms with van der Waals surface area (Å²) in [5.41, 5.74) is 4.48. The minimum absolute atomic E-state index is 0.263. The van der Waals surface area contributed by atoms with Gasteiger partial charge in [-0.3, -0.25) is 14.4 Å². The van der Waals surface area contributed by atoms with Crippen molar-refractivity contribution in [3.63, 3.8) is 0 Å². The molecule has 3 aromatic rings. The van der Waals surface area contributed by atoms with Crippen LogP contribution in [0.25, 0.3) is 0 Å². The molecule has 3 aromatic carbocycles. The highest BCUT2D eigenvalue weighted by Crippen LogP contribution is 2.48. The number of halogens is 1. The number of carbonyl (C=O) groups is 2.